The summed E-state index contributed by atoms with van der Waals surface area (Å²) in [5.41, 5.74) is 8.68. The molecule has 0 aliphatic heterocycles. The van der Waals surface area contributed by atoms with Crippen LogP contribution in [0.3, 0.4) is 0 Å². The number of nitrogens with one attached hydrogen (secondary N) is 2. The van der Waals surface area contributed by atoms with Gasteiger partial charge in [-0.15, -0.1) is 16.6 Å². The van der Waals surface area contributed by atoms with Crippen LogP contribution in [-0.4, -0.2) is 27.2 Å². The number of carbonyl (C=O) groups excluding carboxylic acids is 1. The molecule has 0 saturated heterocycles. The van der Waals surface area contributed by atoms with E-state index >= 15 is 0 Å². The molecule has 1 atom stereocenters. The zero-order valence-corrected chi connectivity index (χ0v) is 9.60. The molecule has 0 aromatic carbocycles. The monoisotopic (exact) mass is 245 g/mol. The number of terminal acetylenes is 1. The molecule has 2 aromatic heterocycles. The second kappa shape index (κ2) is 4.73. The summed E-state index contributed by atoms with van der Waals surface area (Å²) in [6.07, 6.45) is 6.39. The van der Waals surface area contributed by atoms with Gasteiger partial charge in [-0.3, -0.25) is 15.1 Å². The van der Waals surface area contributed by atoms with Crippen molar-refractivity contribution in [1.82, 2.24) is 15.2 Å². The Labute approximate surface area is 103 Å². The summed E-state index contributed by atoms with van der Waals surface area (Å²) in [6.45, 7) is 1.68. The van der Waals surface area contributed by atoms with Crippen molar-refractivity contribution in [3.8, 4) is 12.3 Å². The van der Waals surface area contributed by atoms with E-state index in [1.807, 2.05) is 0 Å². The van der Waals surface area contributed by atoms with Crippen molar-refractivity contribution >= 4 is 22.6 Å². The van der Waals surface area contributed by atoms with Gasteiger partial charge in [-0.25, -0.2) is 0 Å². The second-order valence-corrected chi connectivity index (χ2v) is 3.56. The van der Waals surface area contributed by atoms with Crippen molar-refractivity contribution in [3.05, 3.63) is 18.0 Å². The van der Waals surface area contributed by atoms with Crippen molar-refractivity contribution in [2.75, 3.05) is 5.48 Å². The van der Waals surface area contributed by atoms with Crippen LogP contribution in [0.15, 0.2) is 12.3 Å². The normalized spacial score (nSPS) is 12.0. The number of anilines is 1. The summed E-state index contributed by atoms with van der Waals surface area (Å²) in [5.74, 6) is 1.68. The summed E-state index contributed by atoms with van der Waals surface area (Å²) < 4.78 is 0. The van der Waals surface area contributed by atoms with E-state index in [-0.39, 0.29) is 5.69 Å². The van der Waals surface area contributed by atoms with Gasteiger partial charge in [0.2, 0.25) is 0 Å². The number of hydrogen-bond donors (Lipinski definition) is 3. The van der Waals surface area contributed by atoms with Gasteiger partial charge in [0.25, 0.3) is 5.91 Å². The van der Waals surface area contributed by atoms with Crippen molar-refractivity contribution in [3.63, 3.8) is 0 Å². The zero-order chi connectivity index (χ0) is 13.1. The number of H-pyrrole nitrogens is 1. The first-order chi connectivity index (χ1) is 8.63. The van der Waals surface area contributed by atoms with Crippen LogP contribution in [0.2, 0.25) is 0 Å². The fourth-order valence-corrected chi connectivity index (χ4v) is 1.38. The van der Waals surface area contributed by atoms with Crippen LogP contribution in [0.5, 0.6) is 0 Å². The molecular formula is C11H11N5O2. The minimum Gasteiger partial charge on any atom is -0.364 e. The zero-order valence-electron chi connectivity index (χ0n) is 9.60. The van der Waals surface area contributed by atoms with Crippen molar-refractivity contribution < 1.29 is 9.63 Å². The molecule has 18 heavy (non-hydrogen) atoms. The van der Waals surface area contributed by atoms with Gasteiger partial charge in [0.05, 0.1) is 0 Å². The van der Waals surface area contributed by atoms with Crippen molar-refractivity contribution in [2.45, 2.75) is 13.0 Å². The molecule has 0 saturated carbocycles. The highest BCUT2D eigenvalue weighted by atomic mass is 16.7. The Morgan fingerprint density at radius 3 is 3.11 bits per heavy atom. The van der Waals surface area contributed by atoms with E-state index in [9.17, 15) is 4.79 Å². The van der Waals surface area contributed by atoms with Crippen LogP contribution in [-0.2, 0) is 4.84 Å². The smallest absolute Gasteiger partial charge is 0.271 e. The standard InChI is InChI=1S/C11H11N5O2/c1-3-6(2)18-16-8-7-4-5-13-11(7)15-14-9(8)10(12)17/h1,4-6H,2H3,(H2,12,17)(H2,13,15,16). The van der Waals surface area contributed by atoms with Gasteiger partial charge in [0.15, 0.2) is 11.3 Å². The first kappa shape index (κ1) is 11.9. The molecule has 2 rings (SSSR count). The van der Waals surface area contributed by atoms with Gasteiger partial charge in [-0.2, -0.15) is 0 Å². The number of aromatic amines is 1. The Bertz CT molecular complexity index is 628. The van der Waals surface area contributed by atoms with E-state index in [0.717, 1.165) is 0 Å². The van der Waals surface area contributed by atoms with Crippen LogP contribution in [0, 0.1) is 12.3 Å². The minimum absolute atomic E-state index is 0.00804. The number of aromatic nitrogens is 3. The molecule has 1 unspecified atom stereocenters. The Morgan fingerprint density at radius 1 is 1.67 bits per heavy atom. The molecule has 0 aliphatic rings. The molecule has 1 amide bonds. The second-order valence-electron chi connectivity index (χ2n) is 3.56. The number of hydrogen-bond acceptors (Lipinski definition) is 5. The van der Waals surface area contributed by atoms with Gasteiger partial charge in [0.1, 0.15) is 11.8 Å². The Balaban J connectivity index is 2.44. The van der Waals surface area contributed by atoms with Gasteiger partial charge in [-0.05, 0) is 13.0 Å². The Morgan fingerprint density at radius 2 is 2.44 bits per heavy atom. The molecule has 0 fully saturated rings. The highest BCUT2D eigenvalue weighted by molar-refractivity contribution is 6.03. The number of primary amides is 1. The van der Waals surface area contributed by atoms with Gasteiger partial charge in [-0.1, -0.05) is 5.92 Å². The number of carbonyl (C=O) groups is 1. The van der Waals surface area contributed by atoms with E-state index in [2.05, 4.69) is 26.6 Å². The third kappa shape index (κ3) is 2.09. The predicted molar refractivity (Wildman–Crippen MR) is 65.4 cm³/mol. The number of amides is 1. The molecule has 0 bridgehead atoms. The molecule has 2 aromatic rings. The maximum absolute atomic E-state index is 11.3. The van der Waals surface area contributed by atoms with Crippen LogP contribution < -0.4 is 11.2 Å². The summed E-state index contributed by atoms with van der Waals surface area (Å²) >= 11 is 0. The predicted octanol–water partition coefficient (Wildman–Crippen LogP) is 0.422. The first-order valence-electron chi connectivity index (χ1n) is 5.15. The Hall–Kier alpha value is -2.59. The third-order valence-electron chi connectivity index (χ3n) is 2.29. The molecule has 7 heteroatoms. The lowest BCUT2D eigenvalue weighted by molar-refractivity contribution is 0.0992. The fraction of sp³-hybridized carbons (Fsp3) is 0.182. The van der Waals surface area contributed by atoms with Crippen molar-refractivity contribution in [1.29, 1.82) is 0 Å². The minimum atomic E-state index is -0.704. The molecule has 92 valence electrons. The number of rotatable bonds is 4. The van der Waals surface area contributed by atoms with E-state index in [0.29, 0.717) is 16.7 Å². The maximum atomic E-state index is 11.3. The van der Waals surface area contributed by atoms with E-state index in [1.54, 1.807) is 19.2 Å². The van der Waals surface area contributed by atoms with Crippen LogP contribution in [0.25, 0.3) is 11.0 Å². The number of fused-ring (bicyclic) bond motifs is 1. The largest absolute Gasteiger partial charge is 0.364 e. The van der Waals surface area contributed by atoms with Gasteiger partial charge < -0.3 is 10.7 Å². The SMILES string of the molecule is C#CC(C)ONc1c(C(N)=O)nnc2[nH]ccc12. The van der Waals surface area contributed by atoms with E-state index < -0.39 is 12.0 Å². The van der Waals surface area contributed by atoms with Crippen LogP contribution in [0.1, 0.15) is 17.4 Å². The molecule has 0 spiro atoms. The molecule has 0 aliphatic carbocycles. The maximum Gasteiger partial charge on any atom is 0.271 e. The fourth-order valence-electron chi connectivity index (χ4n) is 1.38. The molecule has 0 radical (unpaired) electrons. The van der Waals surface area contributed by atoms with Crippen LogP contribution in [0.4, 0.5) is 5.69 Å². The summed E-state index contributed by atoms with van der Waals surface area (Å²) in [5, 5.41) is 8.20. The highest BCUT2D eigenvalue weighted by Crippen LogP contribution is 2.23. The van der Waals surface area contributed by atoms with Gasteiger partial charge >= 0.3 is 0 Å². The lowest BCUT2D eigenvalue weighted by Crippen LogP contribution is -2.19. The lowest BCUT2D eigenvalue weighted by atomic mass is 10.2. The quantitative estimate of drug-likeness (QED) is 0.534. The van der Waals surface area contributed by atoms with E-state index in [4.69, 9.17) is 17.0 Å². The summed E-state index contributed by atoms with van der Waals surface area (Å²) in [6, 6.07) is 1.72. The van der Waals surface area contributed by atoms with Gasteiger partial charge in [0, 0.05) is 11.6 Å². The molecule has 7 nitrogen and oxygen atoms in total. The number of nitrogens with two attached hydrogens (primary N) is 1. The topological polar surface area (TPSA) is 106 Å². The van der Waals surface area contributed by atoms with Crippen molar-refractivity contribution in [2.24, 2.45) is 5.73 Å². The summed E-state index contributed by atoms with van der Waals surface area (Å²) in [7, 11) is 0. The third-order valence-corrected chi connectivity index (χ3v) is 2.29. The molecule has 4 N–H and O–H groups in total. The Kier molecular flexibility index (Phi) is 3.12. The van der Waals surface area contributed by atoms with Crippen LogP contribution >= 0.6 is 0 Å². The highest BCUT2D eigenvalue weighted by Gasteiger charge is 2.16. The first-order valence-corrected chi connectivity index (χ1v) is 5.15. The lowest BCUT2D eigenvalue weighted by Gasteiger charge is -2.11. The molecule has 2 heterocycles. The van der Waals surface area contributed by atoms with E-state index in [1.165, 1.54) is 0 Å². The average Bonchev–Trinajstić information content (AvgIpc) is 2.83. The number of nitrogens with zero attached hydrogens (tertiary/aromatic N) is 2. The molecular weight excluding hydrogens is 234 g/mol. The average molecular weight is 245 g/mol. The summed E-state index contributed by atoms with van der Waals surface area (Å²) in [4.78, 5) is 19.3.